The molecule has 0 spiro atoms. The third-order valence-corrected chi connectivity index (χ3v) is 4.45. The Morgan fingerprint density at radius 3 is 2.80 bits per heavy atom. The fourth-order valence-electron chi connectivity index (χ4n) is 3.01. The van der Waals surface area contributed by atoms with Gasteiger partial charge in [0.1, 0.15) is 23.0 Å². The van der Waals surface area contributed by atoms with E-state index in [1.165, 1.54) is 0 Å². The largest absolute Gasteiger partial charge is 0.495 e. The Bertz CT molecular complexity index is 917. The number of hydrogen-bond donors (Lipinski definition) is 1. The van der Waals surface area contributed by atoms with Gasteiger partial charge < -0.3 is 14.8 Å². The number of rotatable bonds is 6. The summed E-state index contributed by atoms with van der Waals surface area (Å²) in [7, 11) is 5.21. The van der Waals surface area contributed by atoms with Gasteiger partial charge in [-0.3, -0.25) is 0 Å². The van der Waals surface area contributed by atoms with Gasteiger partial charge in [-0.15, -0.1) is 0 Å². The average molecular weight is 339 g/mol. The lowest BCUT2D eigenvalue weighted by atomic mass is 10.2. The lowest BCUT2D eigenvalue weighted by Crippen LogP contribution is -2.04. The zero-order chi connectivity index (χ0) is 17.4. The van der Waals surface area contributed by atoms with Crippen LogP contribution in [0.3, 0.4) is 0 Å². The third-order valence-electron chi connectivity index (χ3n) is 4.45. The van der Waals surface area contributed by atoms with Gasteiger partial charge in [0.05, 0.1) is 25.6 Å². The molecule has 3 heterocycles. The number of ether oxygens (including phenoxy) is 2. The lowest BCUT2D eigenvalue weighted by molar-refractivity contribution is 0.185. The molecule has 25 heavy (non-hydrogen) atoms. The van der Waals surface area contributed by atoms with E-state index >= 15 is 0 Å². The quantitative estimate of drug-likeness (QED) is 0.744. The molecule has 4 rings (SSSR count). The molecule has 7 heteroatoms. The first-order valence-electron chi connectivity index (χ1n) is 8.34. The first-order chi connectivity index (χ1) is 12.2. The predicted octanol–water partition coefficient (Wildman–Crippen LogP) is 2.87. The molecule has 0 aliphatic heterocycles. The van der Waals surface area contributed by atoms with Crippen molar-refractivity contribution in [1.82, 2.24) is 19.6 Å². The van der Waals surface area contributed by atoms with Gasteiger partial charge in [-0.25, -0.2) is 14.5 Å². The number of imidazole rings is 1. The average Bonchev–Trinajstić information content (AvgIpc) is 3.41. The molecule has 3 aromatic heterocycles. The summed E-state index contributed by atoms with van der Waals surface area (Å²) in [5.74, 6) is 2.09. The molecule has 1 aliphatic carbocycles. The van der Waals surface area contributed by atoms with Crippen molar-refractivity contribution in [2.45, 2.75) is 25.4 Å². The summed E-state index contributed by atoms with van der Waals surface area (Å²) in [6.07, 6.45) is 4.12. The predicted molar refractivity (Wildman–Crippen MR) is 95.0 cm³/mol. The molecule has 0 amide bonds. The van der Waals surface area contributed by atoms with Gasteiger partial charge >= 0.3 is 0 Å². The zero-order valence-electron chi connectivity index (χ0n) is 14.6. The van der Waals surface area contributed by atoms with Crippen LogP contribution in [0.2, 0.25) is 0 Å². The fourth-order valence-corrected chi connectivity index (χ4v) is 3.01. The van der Waals surface area contributed by atoms with Crippen LogP contribution >= 0.6 is 0 Å². The molecule has 130 valence electrons. The number of anilines is 1. The monoisotopic (exact) mass is 339 g/mol. The number of nitrogens with one attached hydrogen (secondary N) is 1. The maximum absolute atomic E-state index is 5.49. The van der Waals surface area contributed by atoms with Gasteiger partial charge in [0.15, 0.2) is 5.65 Å². The van der Waals surface area contributed by atoms with Crippen molar-refractivity contribution in [1.29, 1.82) is 0 Å². The lowest BCUT2D eigenvalue weighted by Gasteiger charge is -2.11. The molecule has 3 aromatic rings. The topological polar surface area (TPSA) is 73.6 Å². The molecule has 1 N–H and O–H groups in total. The number of aromatic nitrogens is 4. The summed E-state index contributed by atoms with van der Waals surface area (Å²) in [6.45, 7) is 0.512. The minimum Gasteiger partial charge on any atom is -0.495 e. The van der Waals surface area contributed by atoms with Crippen molar-refractivity contribution in [3.05, 3.63) is 35.7 Å². The summed E-state index contributed by atoms with van der Waals surface area (Å²) in [4.78, 5) is 9.19. The minimum atomic E-state index is 0.486. The van der Waals surface area contributed by atoms with Crippen LogP contribution in [0.15, 0.2) is 24.4 Å². The molecule has 0 bridgehead atoms. The van der Waals surface area contributed by atoms with Crippen LogP contribution in [0.25, 0.3) is 17.0 Å². The van der Waals surface area contributed by atoms with Crippen LogP contribution in [0.5, 0.6) is 5.75 Å². The Kier molecular flexibility index (Phi) is 4.01. The van der Waals surface area contributed by atoms with Gasteiger partial charge in [-0.05, 0) is 18.9 Å². The van der Waals surface area contributed by atoms with Crippen LogP contribution in [0, 0.1) is 0 Å². The van der Waals surface area contributed by atoms with Gasteiger partial charge in [-0.2, -0.15) is 5.10 Å². The Morgan fingerprint density at radius 2 is 2.12 bits per heavy atom. The van der Waals surface area contributed by atoms with Gasteiger partial charge in [0.2, 0.25) is 0 Å². The molecular weight excluding hydrogens is 318 g/mol. The molecule has 0 saturated heterocycles. The van der Waals surface area contributed by atoms with Crippen molar-refractivity contribution in [2.75, 3.05) is 26.6 Å². The zero-order valence-corrected chi connectivity index (χ0v) is 14.6. The van der Waals surface area contributed by atoms with E-state index in [2.05, 4.69) is 10.3 Å². The molecule has 0 aromatic carbocycles. The van der Waals surface area contributed by atoms with Gasteiger partial charge in [0, 0.05) is 31.7 Å². The molecular formula is C18H21N5O2. The fraction of sp³-hybridized carbons (Fsp3) is 0.389. The Balaban J connectivity index is 1.82. The summed E-state index contributed by atoms with van der Waals surface area (Å²) < 4.78 is 12.6. The van der Waals surface area contributed by atoms with Gasteiger partial charge in [-0.1, -0.05) is 6.07 Å². The highest BCUT2D eigenvalue weighted by molar-refractivity contribution is 5.63. The van der Waals surface area contributed by atoms with E-state index in [0.717, 1.165) is 52.7 Å². The van der Waals surface area contributed by atoms with Crippen LogP contribution in [-0.4, -0.2) is 40.8 Å². The number of hydrogen-bond acceptors (Lipinski definition) is 6. The standard InChI is InChI=1S/C18H21N5O2/c1-19-18-12(10-24-2)6-7-13(21-18)14-9-20-16-8-15(25-3)17(11-4-5-11)22-23(14)16/h6-9,11H,4-5,10H2,1-3H3,(H,19,21). The Morgan fingerprint density at radius 1 is 1.28 bits per heavy atom. The van der Waals surface area contributed by atoms with Crippen molar-refractivity contribution in [3.63, 3.8) is 0 Å². The van der Waals surface area contributed by atoms with E-state index in [1.807, 2.05) is 29.8 Å². The van der Waals surface area contributed by atoms with E-state index in [9.17, 15) is 0 Å². The minimum absolute atomic E-state index is 0.486. The SMILES string of the molecule is CNc1nc(-c2cnc3cc(OC)c(C4CC4)nn23)ccc1COC. The first kappa shape index (κ1) is 15.8. The van der Waals surface area contributed by atoms with Crippen LogP contribution in [-0.2, 0) is 11.3 Å². The summed E-state index contributed by atoms with van der Waals surface area (Å²) >= 11 is 0. The highest BCUT2D eigenvalue weighted by atomic mass is 16.5. The van der Waals surface area contributed by atoms with Gasteiger partial charge in [0.25, 0.3) is 0 Å². The molecule has 1 fully saturated rings. The van der Waals surface area contributed by atoms with E-state index < -0.39 is 0 Å². The molecule has 1 saturated carbocycles. The summed E-state index contributed by atoms with van der Waals surface area (Å²) in [5.41, 5.74) is 4.44. The second-order valence-corrected chi connectivity index (χ2v) is 6.17. The Hall–Kier alpha value is -2.67. The van der Waals surface area contributed by atoms with Crippen molar-refractivity contribution < 1.29 is 9.47 Å². The second kappa shape index (κ2) is 6.33. The highest BCUT2D eigenvalue weighted by Gasteiger charge is 2.29. The normalized spacial score (nSPS) is 14.0. The summed E-state index contributed by atoms with van der Waals surface area (Å²) in [6, 6.07) is 5.94. The van der Waals surface area contributed by atoms with E-state index in [4.69, 9.17) is 19.6 Å². The molecule has 0 atom stereocenters. The van der Waals surface area contributed by atoms with Crippen molar-refractivity contribution in [3.8, 4) is 17.1 Å². The van der Waals surface area contributed by atoms with Crippen LogP contribution in [0.1, 0.15) is 30.0 Å². The maximum atomic E-state index is 5.49. The maximum Gasteiger partial charge on any atom is 0.157 e. The number of pyridine rings is 1. The molecule has 7 nitrogen and oxygen atoms in total. The van der Waals surface area contributed by atoms with E-state index in [1.54, 1.807) is 20.4 Å². The molecule has 0 unspecified atom stereocenters. The summed E-state index contributed by atoms with van der Waals surface area (Å²) in [5, 5.41) is 7.93. The number of nitrogens with zero attached hydrogens (tertiary/aromatic N) is 4. The number of methoxy groups -OCH3 is 2. The molecule has 0 radical (unpaired) electrons. The Labute approximate surface area is 146 Å². The number of fused-ring (bicyclic) bond motifs is 1. The third kappa shape index (κ3) is 2.80. The second-order valence-electron chi connectivity index (χ2n) is 6.17. The smallest absolute Gasteiger partial charge is 0.157 e. The van der Waals surface area contributed by atoms with Crippen molar-refractivity contribution >= 4 is 11.5 Å². The van der Waals surface area contributed by atoms with Crippen LogP contribution in [0.4, 0.5) is 5.82 Å². The van der Waals surface area contributed by atoms with E-state index in [-0.39, 0.29) is 0 Å². The van der Waals surface area contributed by atoms with Crippen LogP contribution < -0.4 is 10.1 Å². The molecule has 1 aliphatic rings. The van der Waals surface area contributed by atoms with E-state index in [0.29, 0.717) is 12.5 Å². The first-order valence-corrected chi connectivity index (χ1v) is 8.34. The highest BCUT2D eigenvalue weighted by Crippen LogP contribution is 2.43. The van der Waals surface area contributed by atoms with Crippen molar-refractivity contribution in [2.24, 2.45) is 0 Å².